The third-order valence-corrected chi connectivity index (χ3v) is 5.34. The first kappa shape index (κ1) is 15.7. The predicted molar refractivity (Wildman–Crippen MR) is 95.2 cm³/mol. The predicted octanol–water partition coefficient (Wildman–Crippen LogP) is 3.63. The van der Waals surface area contributed by atoms with Crippen LogP contribution >= 0.6 is 0 Å². The SMILES string of the molecule is COc1ccc(-c2ccc(CN3CCN4CCCC[C@@H]4C3)o2)cc1. The van der Waals surface area contributed by atoms with Crippen molar-refractivity contribution < 1.29 is 9.15 Å². The fourth-order valence-electron chi connectivity index (χ4n) is 3.96. The van der Waals surface area contributed by atoms with Gasteiger partial charge >= 0.3 is 0 Å². The van der Waals surface area contributed by atoms with Crippen LogP contribution in [0, 0.1) is 0 Å². The molecule has 0 N–H and O–H groups in total. The average Bonchev–Trinajstić information content (AvgIpc) is 3.10. The van der Waals surface area contributed by atoms with Crippen LogP contribution in [0.5, 0.6) is 5.75 Å². The van der Waals surface area contributed by atoms with Crippen LogP contribution in [-0.4, -0.2) is 49.1 Å². The molecule has 0 amide bonds. The van der Waals surface area contributed by atoms with Crippen LogP contribution in [0.2, 0.25) is 0 Å². The third-order valence-electron chi connectivity index (χ3n) is 5.34. The summed E-state index contributed by atoms with van der Waals surface area (Å²) in [5.41, 5.74) is 1.10. The molecule has 1 aromatic heterocycles. The second-order valence-electron chi connectivity index (χ2n) is 6.92. The minimum Gasteiger partial charge on any atom is -0.497 e. The van der Waals surface area contributed by atoms with Crippen LogP contribution in [0.4, 0.5) is 0 Å². The Labute approximate surface area is 144 Å². The van der Waals surface area contributed by atoms with Gasteiger partial charge in [-0.1, -0.05) is 6.42 Å². The fraction of sp³-hybridized carbons (Fsp3) is 0.500. The Morgan fingerprint density at radius 2 is 1.92 bits per heavy atom. The standard InChI is InChI=1S/C20H26N2O2/c1-23-18-7-5-16(6-8-18)20-10-9-19(24-20)15-21-12-13-22-11-3-2-4-17(22)14-21/h5-10,17H,2-4,11-15H2,1H3/t17-/m1/s1. The highest BCUT2D eigenvalue weighted by Gasteiger charge is 2.29. The van der Waals surface area contributed by atoms with Gasteiger partial charge in [-0.3, -0.25) is 9.80 Å². The van der Waals surface area contributed by atoms with E-state index in [0.29, 0.717) is 0 Å². The van der Waals surface area contributed by atoms with Crippen LogP contribution in [0.15, 0.2) is 40.8 Å². The molecule has 4 nitrogen and oxygen atoms in total. The van der Waals surface area contributed by atoms with E-state index in [2.05, 4.69) is 21.9 Å². The Kier molecular flexibility index (Phi) is 4.58. The molecule has 128 valence electrons. The van der Waals surface area contributed by atoms with Gasteiger partial charge in [-0.15, -0.1) is 0 Å². The Bertz CT molecular complexity index is 665. The number of hydrogen-bond donors (Lipinski definition) is 0. The second-order valence-corrected chi connectivity index (χ2v) is 6.92. The number of piperidine rings is 1. The van der Waals surface area contributed by atoms with E-state index < -0.39 is 0 Å². The van der Waals surface area contributed by atoms with E-state index >= 15 is 0 Å². The maximum atomic E-state index is 6.09. The molecular weight excluding hydrogens is 300 g/mol. The van der Waals surface area contributed by atoms with Crippen molar-refractivity contribution in [3.8, 4) is 17.1 Å². The molecule has 0 saturated carbocycles. The van der Waals surface area contributed by atoms with E-state index in [1.165, 1.54) is 38.9 Å². The second kappa shape index (κ2) is 6.99. The molecule has 2 saturated heterocycles. The van der Waals surface area contributed by atoms with Gasteiger partial charge in [-0.2, -0.15) is 0 Å². The van der Waals surface area contributed by atoms with E-state index in [9.17, 15) is 0 Å². The van der Waals surface area contributed by atoms with Crippen molar-refractivity contribution in [3.05, 3.63) is 42.2 Å². The summed E-state index contributed by atoms with van der Waals surface area (Å²) in [5, 5.41) is 0. The van der Waals surface area contributed by atoms with Crippen LogP contribution < -0.4 is 4.74 Å². The van der Waals surface area contributed by atoms with Crippen molar-refractivity contribution in [3.63, 3.8) is 0 Å². The number of piperazine rings is 1. The molecule has 4 heteroatoms. The van der Waals surface area contributed by atoms with Gasteiger partial charge in [0, 0.05) is 31.2 Å². The van der Waals surface area contributed by atoms with Gasteiger partial charge in [0.05, 0.1) is 13.7 Å². The minimum atomic E-state index is 0.753. The summed E-state index contributed by atoms with van der Waals surface area (Å²) in [6.07, 6.45) is 4.11. The van der Waals surface area contributed by atoms with E-state index in [-0.39, 0.29) is 0 Å². The molecule has 0 spiro atoms. The van der Waals surface area contributed by atoms with E-state index in [4.69, 9.17) is 9.15 Å². The lowest BCUT2D eigenvalue weighted by atomic mass is 9.99. The van der Waals surface area contributed by atoms with Gasteiger partial charge < -0.3 is 9.15 Å². The topological polar surface area (TPSA) is 28.9 Å². The lowest BCUT2D eigenvalue weighted by Gasteiger charge is -2.43. The molecule has 3 heterocycles. The number of benzene rings is 1. The molecular formula is C20H26N2O2. The number of hydrogen-bond acceptors (Lipinski definition) is 4. The molecule has 2 aromatic rings. The monoisotopic (exact) mass is 326 g/mol. The van der Waals surface area contributed by atoms with Gasteiger partial charge in [-0.05, 0) is 55.8 Å². The third kappa shape index (κ3) is 3.35. The number of nitrogens with zero attached hydrogens (tertiary/aromatic N) is 2. The molecule has 1 aromatic carbocycles. The lowest BCUT2D eigenvalue weighted by molar-refractivity contribution is 0.0427. The minimum absolute atomic E-state index is 0.753. The van der Waals surface area contributed by atoms with Crippen molar-refractivity contribution in [2.24, 2.45) is 0 Å². The molecule has 0 aliphatic carbocycles. The molecule has 2 fully saturated rings. The highest BCUT2D eigenvalue weighted by molar-refractivity contribution is 5.58. The first-order chi connectivity index (χ1) is 11.8. The summed E-state index contributed by atoms with van der Waals surface area (Å²) >= 11 is 0. The molecule has 24 heavy (non-hydrogen) atoms. The zero-order valence-electron chi connectivity index (χ0n) is 14.4. The zero-order chi connectivity index (χ0) is 16.4. The van der Waals surface area contributed by atoms with Crippen molar-refractivity contribution in [1.29, 1.82) is 0 Å². The number of methoxy groups -OCH3 is 1. The Morgan fingerprint density at radius 3 is 2.75 bits per heavy atom. The van der Waals surface area contributed by atoms with Crippen LogP contribution in [0.3, 0.4) is 0 Å². The smallest absolute Gasteiger partial charge is 0.134 e. The highest BCUT2D eigenvalue weighted by Crippen LogP contribution is 2.26. The maximum absolute atomic E-state index is 6.09. The van der Waals surface area contributed by atoms with Gasteiger partial charge in [0.1, 0.15) is 17.3 Å². The summed E-state index contributed by atoms with van der Waals surface area (Å²) in [6.45, 7) is 5.74. The van der Waals surface area contributed by atoms with Gasteiger partial charge in [0.25, 0.3) is 0 Å². The number of rotatable bonds is 4. The molecule has 2 aliphatic rings. The van der Waals surface area contributed by atoms with Crippen molar-refractivity contribution in [1.82, 2.24) is 9.80 Å². The molecule has 2 aliphatic heterocycles. The van der Waals surface area contributed by atoms with Gasteiger partial charge in [0.15, 0.2) is 0 Å². The van der Waals surface area contributed by atoms with E-state index in [1.54, 1.807) is 7.11 Å². The summed E-state index contributed by atoms with van der Waals surface area (Å²) < 4.78 is 11.3. The van der Waals surface area contributed by atoms with Crippen molar-refractivity contribution >= 4 is 0 Å². The lowest BCUT2D eigenvalue weighted by Crippen LogP contribution is -2.54. The van der Waals surface area contributed by atoms with Crippen molar-refractivity contribution in [2.75, 3.05) is 33.3 Å². The highest BCUT2D eigenvalue weighted by atomic mass is 16.5. The molecule has 0 radical (unpaired) electrons. The summed E-state index contributed by atoms with van der Waals surface area (Å²) in [4.78, 5) is 5.22. The van der Waals surface area contributed by atoms with Gasteiger partial charge in [0.2, 0.25) is 0 Å². The van der Waals surface area contributed by atoms with E-state index in [0.717, 1.165) is 42.0 Å². The molecule has 0 bridgehead atoms. The Hall–Kier alpha value is -1.78. The van der Waals surface area contributed by atoms with E-state index in [1.807, 2.05) is 24.3 Å². The summed E-state index contributed by atoms with van der Waals surface area (Å²) in [7, 11) is 1.69. The molecule has 4 rings (SSSR count). The Morgan fingerprint density at radius 1 is 1.04 bits per heavy atom. The fourth-order valence-corrected chi connectivity index (χ4v) is 3.96. The van der Waals surface area contributed by atoms with Crippen LogP contribution in [0.1, 0.15) is 25.0 Å². The molecule has 1 atom stereocenters. The average molecular weight is 326 g/mol. The molecule has 0 unspecified atom stereocenters. The largest absolute Gasteiger partial charge is 0.497 e. The van der Waals surface area contributed by atoms with Crippen molar-refractivity contribution in [2.45, 2.75) is 31.8 Å². The quantitative estimate of drug-likeness (QED) is 0.858. The number of ether oxygens (including phenoxy) is 1. The zero-order valence-corrected chi connectivity index (χ0v) is 14.4. The van der Waals surface area contributed by atoms with Crippen LogP contribution in [-0.2, 0) is 6.54 Å². The first-order valence-corrected chi connectivity index (χ1v) is 9.01. The van der Waals surface area contributed by atoms with Crippen LogP contribution in [0.25, 0.3) is 11.3 Å². The summed E-state index contributed by atoms with van der Waals surface area (Å²) in [5.74, 6) is 2.87. The Balaban J connectivity index is 1.39. The van der Waals surface area contributed by atoms with Gasteiger partial charge in [-0.25, -0.2) is 0 Å². The number of fused-ring (bicyclic) bond motifs is 1. The maximum Gasteiger partial charge on any atom is 0.134 e. The summed E-state index contributed by atoms with van der Waals surface area (Å²) in [6, 6.07) is 13.0. The first-order valence-electron chi connectivity index (χ1n) is 9.01. The number of furan rings is 1. The normalized spacial score (nSPS) is 22.3.